The molecule has 3 heteroatoms. The van der Waals surface area contributed by atoms with Gasteiger partial charge >= 0.3 is 0 Å². The largest absolute Gasteiger partial charge is 0.371 e. The fourth-order valence-electron chi connectivity index (χ4n) is 3.77. The molecule has 0 bridgehead atoms. The lowest BCUT2D eigenvalue weighted by Gasteiger charge is -2.41. The molecule has 1 aliphatic heterocycles. The number of para-hydroxylation sites is 2. The number of hydrogen-bond donors (Lipinski definition) is 1. The van der Waals surface area contributed by atoms with Crippen LogP contribution in [0.4, 0.5) is 11.4 Å². The molecule has 0 saturated heterocycles. The fraction of sp³-hybridized carbons (Fsp3) is 0.647. The van der Waals surface area contributed by atoms with Gasteiger partial charge in [0.15, 0.2) is 0 Å². The Bertz CT molecular complexity index is 459. The van der Waals surface area contributed by atoms with Gasteiger partial charge in [-0.15, -0.1) is 0 Å². The minimum absolute atomic E-state index is 0.387. The third-order valence-corrected chi connectivity index (χ3v) is 5.10. The number of fused-ring (bicyclic) bond motifs is 1. The third-order valence-electron chi connectivity index (χ3n) is 5.10. The molecular weight excluding hydrogens is 246 g/mol. The summed E-state index contributed by atoms with van der Waals surface area (Å²) in [5.74, 6) is 1.48. The third kappa shape index (κ3) is 2.64. The van der Waals surface area contributed by atoms with Crippen molar-refractivity contribution in [2.45, 2.75) is 32.2 Å². The molecule has 2 N–H and O–H groups in total. The molecule has 2 aliphatic rings. The van der Waals surface area contributed by atoms with Crippen LogP contribution >= 0.6 is 0 Å². The molecule has 0 amide bonds. The number of nitrogens with two attached hydrogens (primary N) is 1. The van der Waals surface area contributed by atoms with Gasteiger partial charge in [0.2, 0.25) is 0 Å². The standard InChI is InChI=1S/C17H27N3/c1-13-7-8-15(18)14(11-13)12-20-10-9-19(2)16-5-3-4-6-17(16)20/h3-6,13-15H,7-12,18H2,1-2H3. The van der Waals surface area contributed by atoms with E-state index in [2.05, 4.69) is 48.0 Å². The van der Waals surface area contributed by atoms with Crippen LogP contribution < -0.4 is 15.5 Å². The molecule has 1 aromatic carbocycles. The van der Waals surface area contributed by atoms with E-state index in [1.54, 1.807) is 0 Å². The van der Waals surface area contributed by atoms with Crippen molar-refractivity contribution in [1.82, 2.24) is 0 Å². The number of benzene rings is 1. The number of hydrogen-bond acceptors (Lipinski definition) is 3. The molecule has 0 spiro atoms. The molecule has 0 radical (unpaired) electrons. The average Bonchev–Trinajstić information content (AvgIpc) is 2.46. The van der Waals surface area contributed by atoms with E-state index in [0.29, 0.717) is 12.0 Å². The second kappa shape index (κ2) is 5.65. The van der Waals surface area contributed by atoms with Crippen molar-refractivity contribution in [3.8, 4) is 0 Å². The summed E-state index contributed by atoms with van der Waals surface area (Å²) in [4.78, 5) is 4.91. The maximum absolute atomic E-state index is 6.37. The molecule has 3 unspecified atom stereocenters. The van der Waals surface area contributed by atoms with Crippen LogP contribution in [0.25, 0.3) is 0 Å². The molecule has 20 heavy (non-hydrogen) atoms. The smallest absolute Gasteiger partial charge is 0.0604 e. The second-order valence-electron chi connectivity index (χ2n) is 6.70. The summed E-state index contributed by atoms with van der Waals surface area (Å²) in [5, 5.41) is 0. The van der Waals surface area contributed by atoms with Crippen molar-refractivity contribution in [3.05, 3.63) is 24.3 Å². The van der Waals surface area contributed by atoms with Gasteiger partial charge in [0.05, 0.1) is 11.4 Å². The monoisotopic (exact) mass is 273 g/mol. The van der Waals surface area contributed by atoms with Gasteiger partial charge in [-0.1, -0.05) is 19.1 Å². The SMILES string of the molecule is CC1CCC(N)C(CN2CCN(C)c3ccccc32)C1. The lowest BCUT2D eigenvalue weighted by atomic mass is 9.79. The Morgan fingerprint density at radius 2 is 1.90 bits per heavy atom. The van der Waals surface area contributed by atoms with Crippen molar-refractivity contribution in [3.63, 3.8) is 0 Å². The summed E-state index contributed by atoms with van der Waals surface area (Å²) in [6.07, 6.45) is 3.79. The molecular formula is C17H27N3. The maximum Gasteiger partial charge on any atom is 0.0604 e. The minimum atomic E-state index is 0.387. The summed E-state index contributed by atoms with van der Waals surface area (Å²) in [6, 6.07) is 9.15. The molecule has 0 aromatic heterocycles. The normalized spacial score (nSPS) is 30.2. The fourth-order valence-corrected chi connectivity index (χ4v) is 3.77. The Labute approximate surface area is 122 Å². The van der Waals surface area contributed by atoms with Crippen molar-refractivity contribution < 1.29 is 0 Å². The van der Waals surface area contributed by atoms with Crippen molar-refractivity contribution in [1.29, 1.82) is 0 Å². The van der Waals surface area contributed by atoms with Crippen LogP contribution in [0.15, 0.2) is 24.3 Å². The van der Waals surface area contributed by atoms with E-state index in [1.807, 2.05) is 0 Å². The summed E-state index contributed by atoms with van der Waals surface area (Å²) in [5.41, 5.74) is 9.11. The first kappa shape index (κ1) is 13.7. The van der Waals surface area contributed by atoms with Crippen LogP contribution in [0, 0.1) is 11.8 Å². The topological polar surface area (TPSA) is 32.5 Å². The summed E-state index contributed by atoms with van der Waals surface area (Å²) in [6.45, 7) is 5.72. The molecule has 1 aliphatic carbocycles. The molecule has 110 valence electrons. The number of rotatable bonds is 2. The van der Waals surface area contributed by atoms with Crippen molar-refractivity contribution in [2.75, 3.05) is 36.5 Å². The number of likely N-dealkylation sites (N-methyl/N-ethyl adjacent to an activating group) is 1. The van der Waals surface area contributed by atoms with Crippen LogP contribution in [-0.4, -0.2) is 32.7 Å². The van der Waals surface area contributed by atoms with Gasteiger partial charge in [-0.25, -0.2) is 0 Å². The number of nitrogens with zero attached hydrogens (tertiary/aromatic N) is 2. The zero-order chi connectivity index (χ0) is 14.1. The van der Waals surface area contributed by atoms with Gasteiger partial charge in [0.25, 0.3) is 0 Å². The highest BCUT2D eigenvalue weighted by molar-refractivity contribution is 5.73. The zero-order valence-electron chi connectivity index (χ0n) is 12.8. The van der Waals surface area contributed by atoms with Crippen molar-refractivity contribution >= 4 is 11.4 Å². The second-order valence-corrected chi connectivity index (χ2v) is 6.70. The van der Waals surface area contributed by atoms with Crippen molar-refractivity contribution in [2.24, 2.45) is 17.6 Å². The van der Waals surface area contributed by atoms with E-state index in [4.69, 9.17) is 5.73 Å². The first-order valence-electron chi connectivity index (χ1n) is 7.96. The Kier molecular flexibility index (Phi) is 3.88. The summed E-state index contributed by atoms with van der Waals surface area (Å²) >= 11 is 0. The lowest BCUT2D eigenvalue weighted by Crippen LogP contribution is -2.46. The highest BCUT2D eigenvalue weighted by atomic mass is 15.3. The Morgan fingerprint density at radius 1 is 1.15 bits per heavy atom. The van der Waals surface area contributed by atoms with E-state index in [9.17, 15) is 0 Å². The van der Waals surface area contributed by atoms with Crippen LogP contribution in [0.1, 0.15) is 26.2 Å². The molecule has 3 rings (SSSR count). The first-order chi connectivity index (χ1) is 9.65. The molecule has 1 aromatic rings. The quantitative estimate of drug-likeness (QED) is 0.899. The van der Waals surface area contributed by atoms with Crippen LogP contribution in [0.2, 0.25) is 0 Å². The zero-order valence-corrected chi connectivity index (χ0v) is 12.8. The van der Waals surface area contributed by atoms with E-state index < -0.39 is 0 Å². The van der Waals surface area contributed by atoms with Gasteiger partial charge in [-0.2, -0.15) is 0 Å². The van der Waals surface area contributed by atoms with E-state index in [1.165, 1.54) is 30.6 Å². The highest BCUT2D eigenvalue weighted by Crippen LogP contribution is 2.35. The predicted octanol–water partition coefficient (Wildman–Crippen LogP) is 2.71. The molecule has 3 atom stereocenters. The van der Waals surface area contributed by atoms with Gasteiger partial charge in [-0.05, 0) is 43.2 Å². The molecule has 3 nitrogen and oxygen atoms in total. The van der Waals surface area contributed by atoms with Gasteiger partial charge in [0.1, 0.15) is 0 Å². The van der Waals surface area contributed by atoms with Crippen LogP contribution in [0.3, 0.4) is 0 Å². The number of anilines is 2. The Balaban J connectivity index is 1.76. The van der Waals surface area contributed by atoms with E-state index >= 15 is 0 Å². The van der Waals surface area contributed by atoms with Crippen LogP contribution in [-0.2, 0) is 0 Å². The van der Waals surface area contributed by atoms with E-state index in [-0.39, 0.29) is 0 Å². The minimum Gasteiger partial charge on any atom is -0.371 e. The van der Waals surface area contributed by atoms with Gasteiger partial charge in [-0.3, -0.25) is 0 Å². The Hall–Kier alpha value is -1.22. The Morgan fingerprint density at radius 3 is 2.70 bits per heavy atom. The maximum atomic E-state index is 6.37. The van der Waals surface area contributed by atoms with Crippen LogP contribution in [0.5, 0.6) is 0 Å². The summed E-state index contributed by atoms with van der Waals surface area (Å²) in [7, 11) is 2.19. The average molecular weight is 273 g/mol. The van der Waals surface area contributed by atoms with Gasteiger partial charge < -0.3 is 15.5 Å². The van der Waals surface area contributed by atoms with Gasteiger partial charge in [0, 0.05) is 32.7 Å². The van der Waals surface area contributed by atoms with E-state index in [0.717, 1.165) is 25.6 Å². The molecule has 1 saturated carbocycles. The first-order valence-corrected chi connectivity index (χ1v) is 7.96. The predicted molar refractivity (Wildman–Crippen MR) is 86.4 cm³/mol. The summed E-state index contributed by atoms with van der Waals surface area (Å²) < 4.78 is 0. The lowest BCUT2D eigenvalue weighted by molar-refractivity contribution is 0.248. The molecule has 1 heterocycles. The highest BCUT2D eigenvalue weighted by Gasteiger charge is 2.29. The molecule has 1 fully saturated rings.